The molecular weight excluding hydrogens is 349 g/mol. The predicted octanol–water partition coefficient (Wildman–Crippen LogP) is 1.55. The van der Waals surface area contributed by atoms with Crippen LogP contribution in [-0.2, 0) is 10.0 Å². The summed E-state index contributed by atoms with van der Waals surface area (Å²) in [5, 5.41) is 8.78. The van der Waals surface area contributed by atoms with Crippen molar-refractivity contribution >= 4 is 16.0 Å². The molecule has 0 unspecified atom stereocenters. The third-order valence-corrected chi connectivity index (χ3v) is 5.19. The van der Waals surface area contributed by atoms with Crippen molar-refractivity contribution in [3.63, 3.8) is 0 Å². The first-order valence-corrected chi connectivity index (χ1v) is 8.67. The summed E-state index contributed by atoms with van der Waals surface area (Å²) in [7, 11) is -3.83. The van der Waals surface area contributed by atoms with Gasteiger partial charge in [0.2, 0.25) is 10.0 Å². The van der Waals surface area contributed by atoms with E-state index in [1.807, 2.05) is 0 Å². The first-order chi connectivity index (χ1) is 11.1. The van der Waals surface area contributed by atoms with E-state index < -0.39 is 28.7 Å². The van der Waals surface area contributed by atoms with E-state index in [-0.39, 0.29) is 36.0 Å². The number of halogens is 3. The van der Waals surface area contributed by atoms with Gasteiger partial charge in [-0.25, -0.2) is 17.9 Å². The molecule has 0 spiro atoms. The van der Waals surface area contributed by atoms with Crippen molar-refractivity contribution in [3.05, 3.63) is 29.8 Å². The van der Waals surface area contributed by atoms with E-state index in [0.29, 0.717) is 6.42 Å². The van der Waals surface area contributed by atoms with Crippen LogP contribution in [-0.4, -0.2) is 56.7 Å². The Morgan fingerprint density at radius 3 is 2.46 bits per heavy atom. The number of nitrogens with zero attached hydrogens (tertiary/aromatic N) is 1. The second-order valence-corrected chi connectivity index (χ2v) is 7.45. The Labute approximate surface area is 137 Å². The van der Waals surface area contributed by atoms with Gasteiger partial charge in [-0.1, -0.05) is 0 Å². The van der Waals surface area contributed by atoms with Gasteiger partial charge in [-0.3, -0.25) is 4.90 Å². The topological polar surface area (TPSA) is 86.7 Å². The summed E-state index contributed by atoms with van der Waals surface area (Å²) in [6, 6.07) is 4.71. The van der Waals surface area contributed by atoms with E-state index in [9.17, 15) is 26.4 Å². The summed E-state index contributed by atoms with van der Waals surface area (Å²) in [5.74, 6) is -1.36. The zero-order chi connectivity index (χ0) is 18.0. The number of hydrogen-bond donors (Lipinski definition) is 2. The Balaban J connectivity index is 1.90. The van der Waals surface area contributed by atoms with Crippen molar-refractivity contribution in [1.29, 1.82) is 0 Å². The number of alkyl halides is 3. The molecule has 0 aromatic heterocycles. The molecule has 6 nitrogen and oxygen atoms in total. The molecule has 1 aromatic rings. The normalized spacial score (nSPS) is 19.5. The average molecular weight is 366 g/mol. The quantitative estimate of drug-likeness (QED) is 0.798. The Bertz CT molecular complexity index is 689. The zero-order valence-electron chi connectivity index (χ0n) is 12.6. The largest absolute Gasteiger partial charge is 0.478 e. The van der Waals surface area contributed by atoms with Crippen LogP contribution in [0.3, 0.4) is 0 Å². The van der Waals surface area contributed by atoms with E-state index in [1.54, 1.807) is 0 Å². The van der Waals surface area contributed by atoms with Gasteiger partial charge in [0, 0.05) is 13.1 Å². The highest BCUT2D eigenvalue weighted by Gasteiger charge is 2.34. The molecule has 2 N–H and O–H groups in total. The van der Waals surface area contributed by atoms with Crippen LogP contribution in [0, 0.1) is 5.92 Å². The lowest BCUT2D eigenvalue weighted by Gasteiger charge is -2.18. The molecule has 1 saturated heterocycles. The minimum atomic E-state index is -4.26. The molecule has 1 aliphatic heterocycles. The molecular formula is C14H17F3N2O4S. The number of likely N-dealkylation sites (tertiary alicyclic amines) is 1. The molecule has 0 amide bonds. The third-order valence-electron chi connectivity index (χ3n) is 3.75. The Kier molecular flexibility index (Phi) is 5.51. The lowest BCUT2D eigenvalue weighted by Crippen LogP contribution is -2.34. The van der Waals surface area contributed by atoms with E-state index in [2.05, 4.69) is 4.72 Å². The molecule has 0 saturated carbocycles. The number of aromatic carboxylic acids is 1. The van der Waals surface area contributed by atoms with Gasteiger partial charge >= 0.3 is 12.1 Å². The maximum Gasteiger partial charge on any atom is 0.401 e. The fourth-order valence-corrected chi connectivity index (χ4v) is 3.68. The van der Waals surface area contributed by atoms with Crippen LogP contribution in [0.1, 0.15) is 16.8 Å². The second-order valence-electron chi connectivity index (χ2n) is 5.69. The number of carboxylic acid groups (broad SMARTS) is 1. The number of sulfonamides is 1. The van der Waals surface area contributed by atoms with Gasteiger partial charge in [-0.2, -0.15) is 13.2 Å². The maximum atomic E-state index is 12.3. The summed E-state index contributed by atoms with van der Waals surface area (Å²) in [6.07, 6.45) is -3.78. The summed E-state index contributed by atoms with van der Waals surface area (Å²) in [4.78, 5) is 11.9. The lowest BCUT2D eigenvalue weighted by molar-refractivity contribution is -0.143. The van der Waals surface area contributed by atoms with Crippen LogP contribution in [0.2, 0.25) is 0 Å². The van der Waals surface area contributed by atoms with Gasteiger partial charge in [0.1, 0.15) is 0 Å². The van der Waals surface area contributed by atoms with Crippen molar-refractivity contribution in [2.45, 2.75) is 17.5 Å². The van der Waals surface area contributed by atoms with Crippen LogP contribution >= 0.6 is 0 Å². The van der Waals surface area contributed by atoms with Gasteiger partial charge in [-0.15, -0.1) is 0 Å². The molecule has 2 rings (SSSR count). The first-order valence-electron chi connectivity index (χ1n) is 7.19. The highest BCUT2D eigenvalue weighted by atomic mass is 32.2. The molecule has 1 fully saturated rings. The minimum absolute atomic E-state index is 0.0347. The standard InChI is InChI=1S/C14H17F3N2O4S/c15-14(16,17)9-19-6-5-10(8-19)7-18-24(22,23)12-3-1-11(2-4-12)13(20)21/h1-4,10,18H,5-9H2,(H,20,21)/t10-/m1/s1. The molecule has 1 heterocycles. The molecule has 0 bridgehead atoms. The Morgan fingerprint density at radius 1 is 1.29 bits per heavy atom. The van der Waals surface area contributed by atoms with Gasteiger partial charge in [0.25, 0.3) is 0 Å². The van der Waals surface area contributed by atoms with Crippen molar-refractivity contribution in [2.75, 3.05) is 26.2 Å². The van der Waals surface area contributed by atoms with Gasteiger partial charge in [0.15, 0.2) is 0 Å². The van der Waals surface area contributed by atoms with Crippen molar-refractivity contribution < 1.29 is 31.5 Å². The average Bonchev–Trinajstić information content (AvgIpc) is 2.91. The smallest absolute Gasteiger partial charge is 0.401 e. The van der Waals surface area contributed by atoms with E-state index >= 15 is 0 Å². The highest BCUT2D eigenvalue weighted by Crippen LogP contribution is 2.22. The van der Waals surface area contributed by atoms with Crippen LogP contribution < -0.4 is 4.72 Å². The Hall–Kier alpha value is -1.65. The zero-order valence-corrected chi connectivity index (χ0v) is 13.4. The molecule has 24 heavy (non-hydrogen) atoms. The van der Waals surface area contributed by atoms with Crippen LogP contribution in [0.25, 0.3) is 0 Å². The summed E-state index contributed by atoms with van der Waals surface area (Å²) in [6.45, 7) is -0.497. The first kappa shape index (κ1) is 18.7. The number of carboxylic acids is 1. The summed E-state index contributed by atoms with van der Waals surface area (Å²) < 4.78 is 63.6. The SMILES string of the molecule is O=C(O)c1ccc(S(=O)(=O)NC[C@H]2CCN(CC(F)(F)F)C2)cc1. The Morgan fingerprint density at radius 2 is 1.92 bits per heavy atom. The van der Waals surface area contributed by atoms with Crippen LogP contribution in [0.5, 0.6) is 0 Å². The lowest BCUT2D eigenvalue weighted by atomic mass is 10.1. The monoisotopic (exact) mass is 366 g/mol. The number of hydrogen-bond acceptors (Lipinski definition) is 4. The van der Waals surface area contributed by atoms with Crippen molar-refractivity contribution in [1.82, 2.24) is 9.62 Å². The number of carbonyl (C=O) groups is 1. The summed E-state index contributed by atoms with van der Waals surface area (Å²) in [5.41, 5.74) is -0.0347. The maximum absolute atomic E-state index is 12.3. The van der Waals surface area contributed by atoms with E-state index in [1.165, 1.54) is 29.2 Å². The number of rotatable bonds is 6. The van der Waals surface area contributed by atoms with Crippen molar-refractivity contribution in [3.8, 4) is 0 Å². The fourth-order valence-electron chi connectivity index (χ4n) is 2.56. The number of nitrogens with one attached hydrogen (secondary N) is 1. The molecule has 134 valence electrons. The molecule has 0 aliphatic carbocycles. The van der Waals surface area contributed by atoms with Crippen LogP contribution in [0.4, 0.5) is 13.2 Å². The van der Waals surface area contributed by atoms with E-state index in [0.717, 1.165) is 0 Å². The van der Waals surface area contributed by atoms with Gasteiger partial charge < -0.3 is 5.11 Å². The van der Waals surface area contributed by atoms with Crippen LogP contribution in [0.15, 0.2) is 29.2 Å². The fraction of sp³-hybridized carbons (Fsp3) is 0.500. The molecule has 1 aliphatic rings. The molecule has 0 radical (unpaired) electrons. The third kappa shape index (κ3) is 5.18. The number of benzene rings is 1. The molecule has 1 atom stereocenters. The predicted molar refractivity (Wildman–Crippen MR) is 79.2 cm³/mol. The van der Waals surface area contributed by atoms with Gasteiger partial charge in [-0.05, 0) is 43.1 Å². The van der Waals surface area contributed by atoms with Gasteiger partial charge in [0.05, 0.1) is 17.0 Å². The highest BCUT2D eigenvalue weighted by molar-refractivity contribution is 7.89. The van der Waals surface area contributed by atoms with Crippen molar-refractivity contribution in [2.24, 2.45) is 5.92 Å². The second kappa shape index (κ2) is 7.08. The van der Waals surface area contributed by atoms with E-state index in [4.69, 9.17) is 5.11 Å². The molecule has 1 aromatic carbocycles. The molecule has 10 heteroatoms. The minimum Gasteiger partial charge on any atom is -0.478 e. The summed E-state index contributed by atoms with van der Waals surface area (Å²) >= 11 is 0.